The minimum atomic E-state index is 0.802. The first-order valence-corrected chi connectivity index (χ1v) is 6.31. The van der Waals surface area contributed by atoms with Crippen LogP contribution in [0.15, 0.2) is 35.9 Å². The first-order valence-electron chi connectivity index (χ1n) is 5.02. The largest absolute Gasteiger partial charge is 0.397 e. The lowest BCUT2D eigenvalue weighted by molar-refractivity contribution is 1.21. The first kappa shape index (κ1) is 13.9. The number of para-hydroxylation sites is 2. The molecule has 0 bridgehead atoms. The molecule has 0 aliphatic heterocycles. The van der Waals surface area contributed by atoms with Gasteiger partial charge < -0.3 is 10.6 Å². The molecule has 0 aliphatic carbocycles. The third-order valence-electron chi connectivity index (χ3n) is 1.74. The minimum absolute atomic E-state index is 0.802. The highest BCUT2D eigenvalue weighted by atomic mass is 32.2. The van der Waals surface area contributed by atoms with Gasteiger partial charge in [-0.15, -0.1) is 11.8 Å². The lowest BCUT2D eigenvalue weighted by Crippen LogP contribution is -2.09. The molecule has 0 saturated heterocycles. The molecule has 0 saturated carbocycles. The second-order valence-electron chi connectivity index (χ2n) is 2.69. The Morgan fingerprint density at radius 2 is 1.87 bits per heavy atom. The predicted octanol–water partition coefficient (Wildman–Crippen LogP) is 3.57. The van der Waals surface area contributed by atoms with Crippen molar-refractivity contribution < 1.29 is 0 Å². The number of nitrogens with zero attached hydrogens (tertiary/aromatic N) is 1. The van der Waals surface area contributed by atoms with Gasteiger partial charge in [-0.3, -0.25) is 0 Å². The van der Waals surface area contributed by atoms with Crippen molar-refractivity contribution in [3.63, 3.8) is 0 Å². The van der Waals surface area contributed by atoms with Gasteiger partial charge in [0.2, 0.25) is 0 Å². The second kappa shape index (κ2) is 8.24. The average molecular weight is 224 g/mol. The summed E-state index contributed by atoms with van der Waals surface area (Å²) in [4.78, 5) is 2.01. The van der Waals surface area contributed by atoms with E-state index < -0.39 is 0 Å². The maximum absolute atomic E-state index is 5.81. The van der Waals surface area contributed by atoms with E-state index in [9.17, 15) is 0 Å². The highest BCUT2D eigenvalue weighted by molar-refractivity contribution is 8.01. The fourth-order valence-corrected chi connectivity index (χ4v) is 1.35. The molecule has 84 valence electrons. The summed E-state index contributed by atoms with van der Waals surface area (Å²) < 4.78 is 0. The summed E-state index contributed by atoms with van der Waals surface area (Å²) in [5, 5.41) is 2.02. The molecular weight excluding hydrogens is 204 g/mol. The third kappa shape index (κ3) is 4.79. The van der Waals surface area contributed by atoms with Crippen LogP contribution in [0.4, 0.5) is 11.4 Å². The quantitative estimate of drug-likeness (QED) is 0.796. The van der Waals surface area contributed by atoms with E-state index in [1.54, 1.807) is 11.8 Å². The van der Waals surface area contributed by atoms with Gasteiger partial charge in [0.15, 0.2) is 0 Å². The SMILES string of the molecule is CC.CS/C=C\N(C)c1ccccc1N. The number of hydrogen-bond acceptors (Lipinski definition) is 3. The standard InChI is InChI=1S/C10H14N2S.C2H6/c1-12(7-8-13-2)10-6-4-3-5-9(10)11;1-2/h3-8H,11H2,1-2H3;1-2H3/b8-7-;. The highest BCUT2D eigenvalue weighted by Gasteiger charge is 1.99. The number of nitrogen functional groups attached to an aromatic ring is 1. The summed E-state index contributed by atoms with van der Waals surface area (Å²) >= 11 is 1.67. The maximum Gasteiger partial charge on any atom is 0.0637 e. The van der Waals surface area contributed by atoms with E-state index in [0.29, 0.717) is 0 Å². The van der Waals surface area contributed by atoms with E-state index in [4.69, 9.17) is 5.73 Å². The fraction of sp³-hybridized carbons (Fsp3) is 0.333. The van der Waals surface area contributed by atoms with Crippen LogP contribution in [-0.4, -0.2) is 13.3 Å². The number of rotatable bonds is 3. The molecule has 2 nitrogen and oxygen atoms in total. The molecule has 1 rings (SSSR count). The van der Waals surface area contributed by atoms with Crippen LogP contribution in [0.5, 0.6) is 0 Å². The Morgan fingerprint density at radius 1 is 1.27 bits per heavy atom. The number of thioether (sulfide) groups is 1. The van der Waals surface area contributed by atoms with Gasteiger partial charge in [0.25, 0.3) is 0 Å². The summed E-state index contributed by atoms with van der Waals surface area (Å²) in [6.45, 7) is 4.00. The van der Waals surface area contributed by atoms with Crippen LogP contribution in [0.3, 0.4) is 0 Å². The van der Waals surface area contributed by atoms with E-state index >= 15 is 0 Å². The molecule has 0 heterocycles. The molecule has 0 aliphatic rings. The van der Waals surface area contributed by atoms with Crippen molar-refractivity contribution in [1.29, 1.82) is 0 Å². The Hall–Kier alpha value is -1.09. The Bertz CT molecular complexity index is 297. The lowest BCUT2D eigenvalue weighted by atomic mass is 10.2. The smallest absolute Gasteiger partial charge is 0.0637 e. The number of benzene rings is 1. The molecule has 0 spiro atoms. The zero-order valence-electron chi connectivity index (χ0n) is 9.90. The monoisotopic (exact) mass is 224 g/mol. The second-order valence-corrected chi connectivity index (χ2v) is 3.43. The van der Waals surface area contributed by atoms with Crippen molar-refractivity contribution >= 4 is 23.1 Å². The highest BCUT2D eigenvalue weighted by Crippen LogP contribution is 2.21. The van der Waals surface area contributed by atoms with Gasteiger partial charge in [-0.2, -0.15) is 0 Å². The summed E-state index contributed by atoms with van der Waals surface area (Å²) in [5.74, 6) is 0. The van der Waals surface area contributed by atoms with Crippen LogP contribution < -0.4 is 10.6 Å². The maximum atomic E-state index is 5.81. The molecule has 0 fully saturated rings. The Morgan fingerprint density at radius 3 is 2.40 bits per heavy atom. The predicted molar refractivity (Wildman–Crippen MR) is 73.3 cm³/mol. The van der Waals surface area contributed by atoms with Crippen LogP contribution in [-0.2, 0) is 0 Å². The summed E-state index contributed by atoms with van der Waals surface area (Å²) in [7, 11) is 1.98. The molecule has 15 heavy (non-hydrogen) atoms. The van der Waals surface area contributed by atoms with Crippen molar-refractivity contribution in [1.82, 2.24) is 0 Å². The van der Waals surface area contributed by atoms with Crippen molar-refractivity contribution in [3.05, 3.63) is 35.9 Å². The minimum Gasteiger partial charge on any atom is -0.397 e. The summed E-state index contributed by atoms with van der Waals surface area (Å²) in [5.41, 5.74) is 7.65. The molecule has 1 aromatic rings. The summed E-state index contributed by atoms with van der Waals surface area (Å²) in [6.07, 6.45) is 4.02. The normalized spacial score (nSPS) is 9.60. The zero-order valence-corrected chi connectivity index (χ0v) is 10.7. The van der Waals surface area contributed by atoms with E-state index in [-0.39, 0.29) is 0 Å². The van der Waals surface area contributed by atoms with Gasteiger partial charge in [0, 0.05) is 13.2 Å². The van der Waals surface area contributed by atoms with Gasteiger partial charge in [-0.05, 0) is 23.8 Å². The van der Waals surface area contributed by atoms with Gasteiger partial charge in [-0.1, -0.05) is 26.0 Å². The summed E-state index contributed by atoms with van der Waals surface area (Å²) in [6, 6.07) is 7.82. The number of nitrogens with two attached hydrogens (primary N) is 1. The van der Waals surface area contributed by atoms with E-state index in [0.717, 1.165) is 11.4 Å². The Labute approximate surface area is 97.2 Å². The van der Waals surface area contributed by atoms with Crippen LogP contribution in [0, 0.1) is 0 Å². The molecule has 1 aromatic carbocycles. The third-order valence-corrected chi connectivity index (χ3v) is 2.13. The van der Waals surface area contributed by atoms with Crippen LogP contribution >= 0.6 is 11.8 Å². The van der Waals surface area contributed by atoms with Crippen molar-refractivity contribution in [3.8, 4) is 0 Å². The van der Waals surface area contributed by atoms with E-state index in [1.807, 2.05) is 67.9 Å². The van der Waals surface area contributed by atoms with E-state index in [2.05, 4.69) is 0 Å². The Kier molecular flexibility index (Phi) is 7.64. The van der Waals surface area contributed by atoms with Gasteiger partial charge in [-0.25, -0.2) is 0 Å². The molecule has 0 radical (unpaired) electrons. The van der Waals surface area contributed by atoms with Crippen LogP contribution in [0.2, 0.25) is 0 Å². The van der Waals surface area contributed by atoms with Gasteiger partial charge in [0.1, 0.15) is 0 Å². The average Bonchev–Trinajstić information content (AvgIpc) is 2.29. The van der Waals surface area contributed by atoms with Crippen LogP contribution in [0.1, 0.15) is 13.8 Å². The molecule has 0 atom stereocenters. The molecule has 3 heteroatoms. The molecule has 2 N–H and O–H groups in total. The molecular formula is C12H20N2S. The number of anilines is 2. The molecule has 0 unspecified atom stereocenters. The topological polar surface area (TPSA) is 29.3 Å². The fourth-order valence-electron chi connectivity index (χ4n) is 1.04. The number of hydrogen-bond donors (Lipinski definition) is 1. The van der Waals surface area contributed by atoms with Crippen molar-refractivity contribution in [2.75, 3.05) is 23.9 Å². The zero-order chi connectivity index (χ0) is 11.7. The van der Waals surface area contributed by atoms with Crippen molar-refractivity contribution in [2.24, 2.45) is 0 Å². The molecule has 0 aromatic heterocycles. The lowest BCUT2D eigenvalue weighted by Gasteiger charge is -2.15. The van der Waals surface area contributed by atoms with Gasteiger partial charge >= 0.3 is 0 Å². The van der Waals surface area contributed by atoms with Crippen molar-refractivity contribution in [2.45, 2.75) is 13.8 Å². The first-order chi connectivity index (χ1) is 7.25. The molecule has 0 amide bonds. The van der Waals surface area contributed by atoms with E-state index in [1.165, 1.54) is 0 Å². The Balaban J connectivity index is 0.000000921. The van der Waals surface area contributed by atoms with Gasteiger partial charge in [0.05, 0.1) is 11.4 Å². The van der Waals surface area contributed by atoms with Crippen LogP contribution in [0.25, 0.3) is 0 Å².